The molecule has 0 saturated heterocycles. The van der Waals surface area contributed by atoms with Crippen LogP contribution in [0.5, 0.6) is 5.75 Å². The Balaban J connectivity index is 2.54. The van der Waals surface area contributed by atoms with E-state index in [4.69, 9.17) is 9.47 Å². The van der Waals surface area contributed by atoms with Gasteiger partial charge in [0.25, 0.3) is 0 Å². The largest absolute Gasteiger partial charge is 0.496 e. The molecule has 0 amide bonds. The van der Waals surface area contributed by atoms with Gasteiger partial charge in [-0.3, -0.25) is 0 Å². The van der Waals surface area contributed by atoms with E-state index in [1.165, 1.54) is 0 Å². The lowest BCUT2D eigenvalue weighted by atomic mass is 10.1. The zero-order valence-corrected chi connectivity index (χ0v) is 10.6. The van der Waals surface area contributed by atoms with Gasteiger partial charge in [0.1, 0.15) is 5.75 Å². The molecule has 17 heavy (non-hydrogen) atoms. The van der Waals surface area contributed by atoms with Gasteiger partial charge in [-0.15, -0.1) is 0 Å². The molecular weight excluding hydrogens is 218 g/mol. The molecule has 0 spiro atoms. The van der Waals surface area contributed by atoms with Gasteiger partial charge in [-0.1, -0.05) is 18.2 Å². The highest BCUT2D eigenvalue weighted by atomic mass is 16.5. The number of para-hydroxylation sites is 1. The van der Waals surface area contributed by atoms with Crippen molar-refractivity contribution in [2.45, 2.75) is 19.1 Å². The molecule has 2 atom stereocenters. The van der Waals surface area contributed by atoms with Gasteiger partial charge in [-0.2, -0.15) is 0 Å². The third-order valence-electron chi connectivity index (χ3n) is 2.62. The Labute approximate surface area is 103 Å². The lowest BCUT2D eigenvalue weighted by Crippen LogP contribution is -2.31. The van der Waals surface area contributed by atoms with E-state index in [1.807, 2.05) is 31.2 Å². The summed E-state index contributed by atoms with van der Waals surface area (Å²) in [6, 6.07) is 7.98. The zero-order chi connectivity index (χ0) is 12.7. The first-order valence-electron chi connectivity index (χ1n) is 5.72. The van der Waals surface area contributed by atoms with Crippen molar-refractivity contribution in [2.75, 3.05) is 27.4 Å². The third kappa shape index (κ3) is 4.34. The van der Waals surface area contributed by atoms with Gasteiger partial charge in [-0.05, 0) is 13.0 Å². The van der Waals surface area contributed by atoms with Crippen molar-refractivity contribution in [3.63, 3.8) is 0 Å². The number of methoxy groups -OCH3 is 2. The summed E-state index contributed by atoms with van der Waals surface area (Å²) in [5.74, 6) is 0.855. The molecule has 4 heteroatoms. The van der Waals surface area contributed by atoms with Crippen molar-refractivity contribution < 1.29 is 14.6 Å². The van der Waals surface area contributed by atoms with E-state index < -0.39 is 6.10 Å². The van der Waals surface area contributed by atoms with Crippen LogP contribution in [0.25, 0.3) is 0 Å². The fraction of sp³-hybridized carbons (Fsp3) is 0.538. The Kier molecular flexibility index (Phi) is 5.97. The number of aliphatic hydroxyl groups is 1. The summed E-state index contributed by atoms with van der Waals surface area (Å²) in [7, 11) is 3.23. The number of ether oxygens (including phenoxy) is 2. The summed E-state index contributed by atoms with van der Waals surface area (Å²) in [5, 5.41) is 12.8. The smallest absolute Gasteiger partial charge is 0.123 e. The fourth-order valence-corrected chi connectivity index (χ4v) is 1.70. The van der Waals surface area contributed by atoms with Crippen LogP contribution in [0.1, 0.15) is 18.5 Å². The van der Waals surface area contributed by atoms with Crippen molar-refractivity contribution in [2.24, 2.45) is 0 Å². The number of hydrogen-bond donors (Lipinski definition) is 2. The first kappa shape index (κ1) is 14.0. The molecule has 1 aromatic carbocycles. The minimum absolute atomic E-state index is 0.123. The van der Waals surface area contributed by atoms with Gasteiger partial charge in [0.05, 0.1) is 19.8 Å². The van der Waals surface area contributed by atoms with Crippen molar-refractivity contribution in [3.05, 3.63) is 29.8 Å². The van der Waals surface area contributed by atoms with Gasteiger partial charge < -0.3 is 19.9 Å². The maximum atomic E-state index is 9.55. The Hall–Kier alpha value is -1.10. The van der Waals surface area contributed by atoms with Crippen LogP contribution in [0, 0.1) is 0 Å². The Morgan fingerprint density at radius 2 is 2.00 bits per heavy atom. The van der Waals surface area contributed by atoms with E-state index in [-0.39, 0.29) is 6.04 Å². The van der Waals surface area contributed by atoms with Crippen LogP contribution in [0.3, 0.4) is 0 Å². The normalized spacial score (nSPS) is 14.4. The lowest BCUT2D eigenvalue weighted by molar-refractivity contribution is 0.0630. The van der Waals surface area contributed by atoms with Crippen molar-refractivity contribution >= 4 is 0 Å². The van der Waals surface area contributed by atoms with Crippen LogP contribution in [-0.2, 0) is 4.74 Å². The molecule has 0 radical (unpaired) electrons. The standard InChI is InChI=1S/C13H21NO3/c1-10(14-8-11(15)9-16-2)12-6-4-5-7-13(12)17-3/h4-7,10-11,14-15H,8-9H2,1-3H3/t10-,11?/m1/s1. The Morgan fingerprint density at radius 3 is 2.65 bits per heavy atom. The van der Waals surface area contributed by atoms with E-state index in [0.29, 0.717) is 13.2 Å². The van der Waals surface area contributed by atoms with Crippen molar-refractivity contribution in [1.29, 1.82) is 0 Å². The predicted molar refractivity (Wildman–Crippen MR) is 67.3 cm³/mol. The lowest BCUT2D eigenvalue weighted by Gasteiger charge is -2.19. The number of rotatable bonds is 7. The minimum atomic E-state index is -0.489. The van der Waals surface area contributed by atoms with Crippen LogP contribution in [0.2, 0.25) is 0 Å². The van der Waals surface area contributed by atoms with E-state index >= 15 is 0 Å². The fourth-order valence-electron chi connectivity index (χ4n) is 1.70. The molecule has 0 saturated carbocycles. The second-order valence-electron chi connectivity index (χ2n) is 3.98. The molecule has 0 aliphatic heterocycles. The minimum Gasteiger partial charge on any atom is -0.496 e. The van der Waals surface area contributed by atoms with E-state index in [0.717, 1.165) is 11.3 Å². The molecule has 0 aliphatic rings. The van der Waals surface area contributed by atoms with Crippen LogP contribution in [-0.4, -0.2) is 38.6 Å². The zero-order valence-electron chi connectivity index (χ0n) is 10.6. The van der Waals surface area contributed by atoms with Crippen molar-refractivity contribution in [3.8, 4) is 5.75 Å². The van der Waals surface area contributed by atoms with Gasteiger partial charge in [0.2, 0.25) is 0 Å². The number of benzene rings is 1. The van der Waals surface area contributed by atoms with Gasteiger partial charge in [-0.25, -0.2) is 0 Å². The van der Waals surface area contributed by atoms with E-state index in [1.54, 1.807) is 14.2 Å². The summed E-state index contributed by atoms with van der Waals surface area (Å²) in [6.45, 7) is 2.87. The summed E-state index contributed by atoms with van der Waals surface area (Å²) in [6.07, 6.45) is -0.489. The highest BCUT2D eigenvalue weighted by Crippen LogP contribution is 2.23. The maximum Gasteiger partial charge on any atom is 0.123 e. The molecule has 0 bridgehead atoms. The van der Waals surface area contributed by atoms with E-state index in [2.05, 4.69) is 5.32 Å². The van der Waals surface area contributed by atoms with Crippen LogP contribution in [0.4, 0.5) is 0 Å². The predicted octanol–water partition coefficient (Wildman–Crippen LogP) is 1.35. The molecule has 1 rings (SSSR count). The molecule has 0 fully saturated rings. The Bertz CT molecular complexity index is 330. The average Bonchev–Trinajstić information content (AvgIpc) is 2.36. The van der Waals surface area contributed by atoms with Crippen LogP contribution in [0.15, 0.2) is 24.3 Å². The van der Waals surface area contributed by atoms with Gasteiger partial charge in [0.15, 0.2) is 0 Å². The van der Waals surface area contributed by atoms with Gasteiger partial charge in [0, 0.05) is 25.3 Å². The topological polar surface area (TPSA) is 50.7 Å². The Morgan fingerprint density at radius 1 is 1.29 bits per heavy atom. The second kappa shape index (κ2) is 7.27. The summed E-state index contributed by atoms with van der Waals surface area (Å²) >= 11 is 0. The molecule has 4 nitrogen and oxygen atoms in total. The molecule has 96 valence electrons. The molecule has 0 aromatic heterocycles. The molecular formula is C13H21NO3. The average molecular weight is 239 g/mol. The molecule has 2 N–H and O–H groups in total. The monoisotopic (exact) mass is 239 g/mol. The highest BCUT2D eigenvalue weighted by Gasteiger charge is 2.11. The molecule has 1 unspecified atom stereocenters. The summed E-state index contributed by atoms with van der Waals surface area (Å²) < 4.78 is 10.2. The molecule has 1 aromatic rings. The highest BCUT2D eigenvalue weighted by molar-refractivity contribution is 5.35. The number of hydrogen-bond acceptors (Lipinski definition) is 4. The van der Waals surface area contributed by atoms with Crippen LogP contribution >= 0.6 is 0 Å². The quantitative estimate of drug-likeness (QED) is 0.754. The first-order valence-corrected chi connectivity index (χ1v) is 5.72. The summed E-state index contributed by atoms with van der Waals surface area (Å²) in [4.78, 5) is 0. The second-order valence-corrected chi connectivity index (χ2v) is 3.98. The molecule has 0 heterocycles. The van der Waals surface area contributed by atoms with Crippen LogP contribution < -0.4 is 10.1 Å². The number of aliphatic hydroxyl groups excluding tert-OH is 1. The number of nitrogens with one attached hydrogen (secondary N) is 1. The SMILES string of the molecule is COCC(O)CN[C@H](C)c1ccccc1OC. The first-order chi connectivity index (χ1) is 8.19. The molecule has 0 aliphatic carbocycles. The maximum absolute atomic E-state index is 9.55. The third-order valence-corrected chi connectivity index (χ3v) is 2.62. The van der Waals surface area contributed by atoms with E-state index in [9.17, 15) is 5.11 Å². The van der Waals surface area contributed by atoms with Crippen molar-refractivity contribution in [1.82, 2.24) is 5.32 Å². The van der Waals surface area contributed by atoms with Gasteiger partial charge >= 0.3 is 0 Å². The summed E-state index contributed by atoms with van der Waals surface area (Å²) in [5.41, 5.74) is 1.08.